The minimum atomic E-state index is -0.177. The molecule has 2 aromatic carbocycles. The van der Waals surface area contributed by atoms with Crippen LogP contribution >= 0.6 is 0 Å². The molecule has 0 bridgehead atoms. The molecule has 0 unspecified atom stereocenters. The van der Waals surface area contributed by atoms with Crippen molar-refractivity contribution in [3.05, 3.63) is 66.6 Å². The maximum absolute atomic E-state index is 14.0. The summed E-state index contributed by atoms with van der Waals surface area (Å²) in [6.07, 6.45) is 1.75. The van der Waals surface area contributed by atoms with E-state index in [-0.39, 0.29) is 5.82 Å². The van der Waals surface area contributed by atoms with E-state index in [1.54, 1.807) is 19.4 Å². The second-order valence-corrected chi connectivity index (χ2v) is 6.52. The topological polar surface area (TPSA) is 53.5 Å². The molecule has 0 atom stereocenters. The van der Waals surface area contributed by atoms with Crippen molar-refractivity contribution in [2.45, 2.75) is 0 Å². The second-order valence-electron chi connectivity index (χ2n) is 6.52. The summed E-state index contributed by atoms with van der Waals surface area (Å²) in [6.45, 7) is 3.03. The molecule has 1 N–H and O–H groups in total. The van der Waals surface area contributed by atoms with Crippen molar-refractivity contribution >= 4 is 23.1 Å². The lowest BCUT2D eigenvalue weighted by Gasteiger charge is -2.36. The molecule has 2 heterocycles. The van der Waals surface area contributed by atoms with Crippen LogP contribution in [0, 0.1) is 5.82 Å². The van der Waals surface area contributed by atoms with Gasteiger partial charge in [-0.05, 0) is 42.5 Å². The van der Waals surface area contributed by atoms with Crippen molar-refractivity contribution in [1.29, 1.82) is 0 Å². The Labute approximate surface area is 163 Å². The highest BCUT2D eigenvalue weighted by Crippen LogP contribution is 2.23. The lowest BCUT2D eigenvalue weighted by molar-refractivity contribution is 0.415. The van der Waals surface area contributed by atoms with Gasteiger partial charge in [-0.25, -0.2) is 9.37 Å². The predicted molar refractivity (Wildman–Crippen MR) is 109 cm³/mol. The van der Waals surface area contributed by atoms with Crippen molar-refractivity contribution in [3.8, 4) is 5.75 Å². The molecule has 0 radical (unpaired) electrons. The monoisotopic (exact) mass is 379 g/mol. The van der Waals surface area contributed by atoms with E-state index in [1.807, 2.05) is 42.5 Å². The minimum Gasteiger partial charge on any atom is -0.497 e. The van der Waals surface area contributed by atoms with Crippen LogP contribution in [0.2, 0.25) is 0 Å². The van der Waals surface area contributed by atoms with Crippen LogP contribution in [0.25, 0.3) is 0 Å². The van der Waals surface area contributed by atoms with E-state index >= 15 is 0 Å². The Morgan fingerprint density at radius 2 is 1.64 bits per heavy atom. The molecule has 144 valence electrons. The smallest absolute Gasteiger partial charge is 0.229 e. The van der Waals surface area contributed by atoms with E-state index in [4.69, 9.17) is 4.74 Å². The average Bonchev–Trinajstić information content (AvgIpc) is 2.75. The van der Waals surface area contributed by atoms with Gasteiger partial charge in [0.05, 0.1) is 12.8 Å². The van der Waals surface area contributed by atoms with Gasteiger partial charge in [-0.15, -0.1) is 0 Å². The van der Waals surface area contributed by atoms with E-state index in [2.05, 4.69) is 25.1 Å². The SMILES string of the molecule is COc1ccc(Nc2nccc(N3CCN(c4ccccc4F)CC3)n2)cc1. The van der Waals surface area contributed by atoms with Crippen LogP contribution in [-0.2, 0) is 0 Å². The van der Waals surface area contributed by atoms with Gasteiger partial charge < -0.3 is 19.9 Å². The maximum atomic E-state index is 14.0. The van der Waals surface area contributed by atoms with Crippen LogP contribution in [-0.4, -0.2) is 43.3 Å². The van der Waals surface area contributed by atoms with Gasteiger partial charge in [0.2, 0.25) is 5.95 Å². The third-order valence-corrected chi connectivity index (χ3v) is 4.78. The molecule has 1 aromatic heterocycles. The standard InChI is InChI=1S/C21H22FN5O/c1-28-17-8-6-16(7-9-17)24-21-23-11-10-20(25-21)27-14-12-26(13-15-27)19-5-3-2-4-18(19)22/h2-11H,12-15H2,1H3,(H,23,24,25). The van der Waals surface area contributed by atoms with Crippen molar-refractivity contribution in [2.24, 2.45) is 0 Å². The molecule has 1 saturated heterocycles. The van der Waals surface area contributed by atoms with Gasteiger partial charge in [-0.3, -0.25) is 0 Å². The third kappa shape index (κ3) is 3.98. The minimum absolute atomic E-state index is 0.177. The Bertz CT molecular complexity index is 926. The number of methoxy groups -OCH3 is 1. The molecular weight excluding hydrogens is 357 g/mol. The molecule has 0 spiro atoms. The number of halogens is 1. The second kappa shape index (κ2) is 8.12. The van der Waals surface area contributed by atoms with E-state index in [1.165, 1.54) is 6.07 Å². The fraction of sp³-hybridized carbons (Fsp3) is 0.238. The summed E-state index contributed by atoms with van der Waals surface area (Å²) < 4.78 is 19.2. The number of hydrogen-bond donors (Lipinski definition) is 1. The first kappa shape index (κ1) is 18.0. The van der Waals surface area contributed by atoms with Crippen LogP contribution in [0.4, 0.5) is 27.5 Å². The van der Waals surface area contributed by atoms with E-state index in [9.17, 15) is 4.39 Å². The number of anilines is 4. The van der Waals surface area contributed by atoms with Crippen LogP contribution in [0.5, 0.6) is 5.75 Å². The quantitative estimate of drug-likeness (QED) is 0.730. The van der Waals surface area contributed by atoms with Gasteiger partial charge in [-0.2, -0.15) is 4.98 Å². The molecule has 0 saturated carbocycles. The summed E-state index contributed by atoms with van der Waals surface area (Å²) in [5.74, 6) is 2.02. The molecule has 1 aliphatic heterocycles. The number of piperazine rings is 1. The first-order chi connectivity index (χ1) is 13.7. The molecule has 4 rings (SSSR count). The number of rotatable bonds is 5. The Morgan fingerprint density at radius 1 is 0.929 bits per heavy atom. The van der Waals surface area contributed by atoms with Crippen LogP contribution in [0.15, 0.2) is 60.8 Å². The van der Waals surface area contributed by atoms with Crippen molar-refractivity contribution in [3.63, 3.8) is 0 Å². The molecule has 28 heavy (non-hydrogen) atoms. The predicted octanol–water partition coefficient (Wildman–Crippen LogP) is 3.69. The van der Waals surface area contributed by atoms with Gasteiger partial charge in [0.15, 0.2) is 0 Å². The van der Waals surface area contributed by atoms with E-state index in [0.29, 0.717) is 11.6 Å². The number of aromatic nitrogens is 2. The van der Waals surface area contributed by atoms with Crippen molar-refractivity contribution in [1.82, 2.24) is 9.97 Å². The molecule has 1 aliphatic rings. The zero-order chi connectivity index (χ0) is 19.3. The highest BCUT2D eigenvalue weighted by atomic mass is 19.1. The number of para-hydroxylation sites is 1. The third-order valence-electron chi connectivity index (χ3n) is 4.78. The van der Waals surface area contributed by atoms with Crippen molar-refractivity contribution in [2.75, 3.05) is 48.4 Å². The lowest BCUT2D eigenvalue weighted by Crippen LogP contribution is -2.47. The Balaban J connectivity index is 1.41. The van der Waals surface area contributed by atoms with Crippen LogP contribution in [0.1, 0.15) is 0 Å². The number of hydrogen-bond acceptors (Lipinski definition) is 6. The molecule has 7 heteroatoms. The summed E-state index contributed by atoms with van der Waals surface area (Å²) in [5, 5.41) is 3.21. The fourth-order valence-electron chi connectivity index (χ4n) is 3.27. The van der Waals surface area contributed by atoms with Gasteiger partial charge in [0, 0.05) is 38.1 Å². The summed E-state index contributed by atoms with van der Waals surface area (Å²) in [7, 11) is 1.64. The van der Waals surface area contributed by atoms with Gasteiger partial charge in [-0.1, -0.05) is 12.1 Å². The summed E-state index contributed by atoms with van der Waals surface area (Å²) in [4.78, 5) is 13.2. The zero-order valence-corrected chi connectivity index (χ0v) is 15.7. The normalized spacial score (nSPS) is 14.1. The molecule has 1 fully saturated rings. The first-order valence-electron chi connectivity index (χ1n) is 9.21. The summed E-state index contributed by atoms with van der Waals surface area (Å²) in [5.41, 5.74) is 1.55. The largest absolute Gasteiger partial charge is 0.497 e. The highest BCUT2D eigenvalue weighted by Gasteiger charge is 2.20. The average molecular weight is 379 g/mol. The molecule has 6 nitrogen and oxygen atoms in total. The van der Waals surface area contributed by atoms with E-state index in [0.717, 1.165) is 43.4 Å². The summed E-state index contributed by atoms with van der Waals surface area (Å²) in [6, 6.07) is 16.4. The van der Waals surface area contributed by atoms with Gasteiger partial charge in [0.1, 0.15) is 17.4 Å². The molecular formula is C21H22FN5O. The summed E-state index contributed by atoms with van der Waals surface area (Å²) >= 11 is 0. The maximum Gasteiger partial charge on any atom is 0.229 e. The highest BCUT2D eigenvalue weighted by molar-refractivity contribution is 5.56. The first-order valence-corrected chi connectivity index (χ1v) is 9.21. The molecule has 0 aliphatic carbocycles. The van der Waals surface area contributed by atoms with Crippen molar-refractivity contribution < 1.29 is 9.13 Å². The van der Waals surface area contributed by atoms with Gasteiger partial charge >= 0.3 is 0 Å². The number of benzene rings is 2. The van der Waals surface area contributed by atoms with Crippen LogP contribution < -0.4 is 19.9 Å². The number of nitrogens with one attached hydrogen (secondary N) is 1. The van der Waals surface area contributed by atoms with Crippen LogP contribution in [0.3, 0.4) is 0 Å². The lowest BCUT2D eigenvalue weighted by atomic mass is 10.2. The fourth-order valence-corrected chi connectivity index (χ4v) is 3.27. The zero-order valence-electron chi connectivity index (χ0n) is 15.7. The molecule has 3 aromatic rings. The number of nitrogens with zero attached hydrogens (tertiary/aromatic N) is 4. The Kier molecular flexibility index (Phi) is 5.23. The van der Waals surface area contributed by atoms with Gasteiger partial charge in [0.25, 0.3) is 0 Å². The molecule has 0 amide bonds. The number of ether oxygens (including phenoxy) is 1. The Morgan fingerprint density at radius 3 is 2.36 bits per heavy atom. The van der Waals surface area contributed by atoms with E-state index < -0.39 is 0 Å². The Hall–Kier alpha value is -3.35.